The van der Waals surface area contributed by atoms with Crippen LogP contribution in [0.15, 0.2) is 60.8 Å². The molecule has 2 aromatic carbocycles. The Kier molecular flexibility index (Phi) is 6.12. The molecule has 0 aliphatic rings. The van der Waals surface area contributed by atoms with Gasteiger partial charge in [-0.25, -0.2) is 0 Å². The maximum Gasteiger partial charge on any atom is 0.316 e. The molecule has 0 spiro atoms. The number of pyridine rings is 1. The van der Waals surface area contributed by atoms with E-state index in [-0.39, 0.29) is 0 Å². The molecule has 0 aliphatic carbocycles. The van der Waals surface area contributed by atoms with Crippen molar-refractivity contribution >= 4 is 28.6 Å². The van der Waals surface area contributed by atoms with Crippen molar-refractivity contribution in [3.8, 4) is 5.75 Å². The molecule has 1 heterocycles. The Balaban J connectivity index is 1.60. The van der Waals surface area contributed by atoms with E-state index < -0.39 is 11.2 Å². The number of aliphatic carboxylic acids is 1. The first-order valence-corrected chi connectivity index (χ1v) is 9.60. The first-order chi connectivity index (χ1) is 12.7. The molecule has 3 rings (SSSR count). The van der Waals surface area contributed by atoms with Gasteiger partial charge in [-0.3, -0.25) is 9.78 Å². The van der Waals surface area contributed by atoms with E-state index in [9.17, 15) is 9.90 Å². The molecular formula is C21H21NO3S. The standard InChI is InChI=1S/C21H21NO3S/c1-2-26-20(21(23)24)12-15-7-9-18(10-8-15)25-14-16-11-17-5-3-4-6-19(17)22-13-16/h3-11,13,20H,2,12,14H2,1H3,(H,23,24). The summed E-state index contributed by atoms with van der Waals surface area (Å²) >= 11 is 1.45. The summed E-state index contributed by atoms with van der Waals surface area (Å²) < 4.78 is 5.83. The highest BCUT2D eigenvalue weighted by Gasteiger charge is 2.17. The number of benzene rings is 2. The molecule has 1 N–H and O–H groups in total. The summed E-state index contributed by atoms with van der Waals surface area (Å²) in [6.07, 6.45) is 2.35. The van der Waals surface area contributed by atoms with E-state index >= 15 is 0 Å². The van der Waals surface area contributed by atoms with Gasteiger partial charge in [-0.05, 0) is 42.0 Å². The molecule has 5 heteroatoms. The lowest BCUT2D eigenvalue weighted by Gasteiger charge is -2.12. The van der Waals surface area contributed by atoms with Crippen LogP contribution < -0.4 is 4.74 Å². The molecule has 1 atom stereocenters. The van der Waals surface area contributed by atoms with Crippen molar-refractivity contribution in [1.82, 2.24) is 4.98 Å². The predicted octanol–water partition coefficient (Wildman–Crippen LogP) is 4.56. The third-order valence-corrected chi connectivity index (χ3v) is 5.14. The number of hydrogen-bond acceptors (Lipinski definition) is 4. The Morgan fingerprint density at radius 1 is 1.15 bits per heavy atom. The molecule has 0 saturated carbocycles. The van der Waals surface area contributed by atoms with Crippen LogP contribution in [0, 0.1) is 0 Å². The van der Waals surface area contributed by atoms with E-state index in [4.69, 9.17) is 4.74 Å². The highest BCUT2D eigenvalue weighted by molar-refractivity contribution is 8.00. The van der Waals surface area contributed by atoms with Crippen molar-refractivity contribution in [3.63, 3.8) is 0 Å². The number of nitrogens with zero attached hydrogens (tertiary/aromatic N) is 1. The fourth-order valence-corrected chi connectivity index (χ4v) is 3.57. The monoisotopic (exact) mass is 367 g/mol. The lowest BCUT2D eigenvalue weighted by molar-refractivity contribution is -0.136. The van der Waals surface area contributed by atoms with Crippen LogP contribution in [0.1, 0.15) is 18.1 Å². The van der Waals surface area contributed by atoms with E-state index in [1.807, 2.05) is 61.7 Å². The Hall–Kier alpha value is -2.53. The van der Waals surface area contributed by atoms with E-state index in [1.165, 1.54) is 11.8 Å². The van der Waals surface area contributed by atoms with Gasteiger partial charge in [-0.1, -0.05) is 37.3 Å². The van der Waals surface area contributed by atoms with Gasteiger partial charge in [-0.15, -0.1) is 11.8 Å². The minimum absolute atomic E-state index is 0.407. The SMILES string of the molecule is CCSC(Cc1ccc(OCc2cnc3ccccc3c2)cc1)C(=O)O. The lowest BCUT2D eigenvalue weighted by atomic mass is 10.1. The van der Waals surface area contributed by atoms with Crippen LogP contribution in [0.25, 0.3) is 10.9 Å². The fraction of sp³-hybridized carbons (Fsp3) is 0.238. The zero-order valence-electron chi connectivity index (χ0n) is 14.6. The van der Waals surface area contributed by atoms with Crippen molar-refractivity contribution in [2.24, 2.45) is 0 Å². The molecule has 26 heavy (non-hydrogen) atoms. The summed E-state index contributed by atoms with van der Waals surface area (Å²) in [6.45, 7) is 2.42. The van der Waals surface area contributed by atoms with Gasteiger partial charge in [0.05, 0.1) is 5.52 Å². The summed E-state index contributed by atoms with van der Waals surface area (Å²) in [4.78, 5) is 15.7. The Bertz CT molecular complexity index is 880. The fourth-order valence-electron chi connectivity index (χ4n) is 2.72. The van der Waals surface area contributed by atoms with Gasteiger partial charge in [0.1, 0.15) is 17.6 Å². The van der Waals surface area contributed by atoms with Crippen LogP contribution in [0.5, 0.6) is 5.75 Å². The quantitative estimate of drug-likeness (QED) is 0.632. The molecule has 134 valence electrons. The summed E-state index contributed by atoms with van der Waals surface area (Å²) in [7, 11) is 0. The smallest absolute Gasteiger partial charge is 0.316 e. The largest absolute Gasteiger partial charge is 0.489 e. The van der Waals surface area contributed by atoms with Crippen LogP contribution in [0.4, 0.5) is 0 Å². The molecule has 0 amide bonds. The Labute approximate surface area is 157 Å². The van der Waals surface area contributed by atoms with Crippen molar-refractivity contribution in [3.05, 3.63) is 71.9 Å². The summed E-state index contributed by atoms with van der Waals surface area (Å²) in [5.74, 6) is 0.788. The van der Waals surface area contributed by atoms with Gasteiger partial charge in [0.15, 0.2) is 0 Å². The zero-order chi connectivity index (χ0) is 18.4. The molecule has 1 aromatic heterocycles. The highest BCUT2D eigenvalue weighted by Crippen LogP contribution is 2.20. The topological polar surface area (TPSA) is 59.4 Å². The van der Waals surface area contributed by atoms with Crippen molar-refractivity contribution < 1.29 is 14.6 Å². The van der Waals surface area contributed by atoms with E-state index in [2.05, 4.69) is 11.1 Å². The van der Waals surface area contributed by atoms with Crippen LogP contribution in [0.2, 0.25) is 0 Å². The number of carboxylic acid groups (broad SMARTS) is 1. The van der Waals surface area contributed by atoms with Gasteiger partial charge in [-0.2, -0.15) is 0 Å². The van der Waals surface area contributed by atoms with Crippen LogP contribution in [0.3, 0.4) is 0 Å². The summed E-state index contributed by atoms with van der Waals surface area (Å²) in [5.41, 5.74) is 2.98. The first-order valence-electron chi connectivity index (χ1n) is 8.55. The molecule has 0 aliphatic heterocycles. The molecule has 0 saturated heterocycles. The van der Waals surface area contributed by atoms with E-state index in [1.54, 1.807) is 0 Å². The molecule has 3 aromatic rings. The van der Waals surface area contributed by atoms with E-state index in [0.717, 1.165) is 33.5 Å². The number of ether oxygens (including phenoxy) is 1. The first kappa shape index (κ1) is 18.3. The number of aromatic nitrogens is 1. The van der Waals surface area contributed by atoms with Gasteiger partial charge < -0.3 is 9.84 Å². The molecule has 0 fully saturated rings. The lowest BCUT2D eigenvalue weighted by Crippen LogP contribution is -2.19. The van der Waals surface area contributed by atoms with Gasteiger partial charge >= 0.3 is 5.97 Å². The molecule has 1 unspecified atom stereocenters. The number of fused-ring (bicyclic) bond motifs is 1. The third-order valence-electron chi connectivity index (χ3n) is 4.04. The Morgan fingerprint density at radius 2 is 1.92 bits per heavy atom. The minimum atomic E-state index is -0.763. The Morgan fingerprint density at radius 3 is 2.65 bits per heavy atom. The van der Waals surface area contributed by atoms with Crippen molar-refractivity contribution in [2.75, 3.05) is 5.75 Å². The second-order valence-corrected chi connectivity index (χ2v) is 7.43. The van der Waals surface area contributed by atoms with Crippen molar-refractivity contribution in [1.29, 1.82) is 0 Å². The van der Waals surface area contributed by atoms with Gasteiger partial charge in [0.25, 0.3) is 0 Å². The summed E-state index contributed by atoms with van der Waals surface area (Å²) in [6, 6.07) is 17.7. The average Bonchev–Trinajstić information content (AvgIpc) is 2.67. The maximum absolute atomic E-state index is 11.3. The van der Waals surface area contributed by atoms with Crippen LogP contribution in [-0.4, -0.2) is 27.1 Å². The number of carboxylic acids is 1. The van der Waals surface area contributed by atoms with Crippen LogP contribution in [-0.2, 0) is 17.8 Å². The number of carbonyl (C=O) groups is 1. The number of rotatable bonds is 8. The van der Waals surface area contributed by atoms with Crippen LogP contribution >= 0.6 is 11.8 Å². The third kappa shape index (κ3) is 4.76. The number of hydrogen-bond donors (Lipinski definition) is 1. The highest BCUT2D eigenvalue weighted by atomic mass is 32.2. The van der Waals surface area contributed by atoms with Gasteiger partial charge in [0, 0.05) is 17.1 Å². The second kappa shape index (κ2) is 8.72. The molecule has 0 bridgehead atoms. The minimum Gasteiger partial charge on any atom is -0.489 e. The molecule has 0 radical (unpaired) electrons. The normalized spacial score (nSPS) is 12.0. The number of thioether (sulfide) groups is 1. The second-order valence-electron chi connectivity index (χ2n) is 5.96. The van der Waals surface area contributed by atoms with E-state index in [0.29, 0.717) is 13.0 Å². The predicted molar refractivity (Wildman–Crippen MR) is 106 cm³/mol. The molecular weight excluding hydrogens is 346 g/mol. The zero-order valence-corrected chi connectivity index (χ0v) is 15.4. The number of para-hydroxylation sites is 1. The summed E-state index contributed by atoms with van der Waals surface area (Å²) in [5, 5.41) is 9.94. The molecule has 4 nitrogen and oxygen atoms in total. The average molecular weight is 367 g/mol. The van der Waals surface area contributed by atoms with Crippen molar-refractivity contribution in [2.45, 2.75) is 25.2 Å². The van der Waals surface area contributed by atoms with Gasteiger partial charge in [0.2, 0.25) is 0 Å². The maximum atomic E-state index is 11.3.